The molecule has 2 nitrogen and oxygen atoms in total. The Hall–Kier alpha value is -2.48. The molecule has 0 N–H and O–H groups in total. The summed E-state index contributed by atoms with van der Waals surface area (Å²) in [5.41, 5.74) is 9.39. The molecule has 0 aliphatic rings. The lowest BCUT2D eigenvalue weighted by Crippen LogP contribution is -1.90. The van der Waals surface area contributed by atoms with Gasteiger partial charge in [-0.15, -0.1) is 10.2 Å². The standard InChI is InChI=1S/C22H24N2/c1-13-11-15(3)21(18(6)16(13)4)23-24-22-17(5)14(2)12-19-9-7-8-10-20(19)22/h7-12H,1-6H3. The van der Waals surface area contributed by atoms with Gasteiger partial charge in [0.25, 0.3) is 0 Å². The number of aryl methyl sites for hydroxylation is 3. The van der Waals surface area contributed by atoms with Crippen molar-refractivity contribution in [3.8, 4) is 0 Å². The average molecular weight is 316 g/mol. The molecular formula is C22H24N2. The maximum absolute atomic E-state index is 4.68. The minimum atomic E-state index is 0.975. The normalized spacial score (nSPS) is 11.6. The predicted octanol–water partition coefficient (Wildman–Crippen LogP) is 7.11. The number of benzene rings is 3. The van der Waals surface area contributed by atoms with Gasteiger partial charge in [-0.1, -0.05) is 36.4 Å². The van der Waals surface area contributed by atoms with Gasteiger partial charge in [0.05, 0.1) is 11.4 Å². The predicted molar refractivity (Wildman–Crippen MR) is 103 cm³/mol. The highest BCUT2D eigenvalue weighted by Crippen LogP contribution is 2.35. The van der Waals surface area contributed by atoms with Crippen LogP contribution in [-0.4, -0.2) is 0 Å². The lowest BCUT2D eigenvalue weighted by molar-refractivity contribution is 1.14. The van der Waals surface area contributed by atoms with Crippen molar-refractivity contribution >= 4 is 22.1 Å². The quantitative estimate of drug-likeness (QED) is 0.450. The van der Waals surface area contributed by atoms with Crippen molar-refractivity contribution in [3.63, 3.8) is 0 Å². The van der Waals surface area contributed by atoms with Gasteiger partial charge in [0.15, 0.2) is 0 Å². The van der Waals surface area contributed by atoms with Crippen molar-refractivity contribution < 1.29 is 0 Å². The summed E-state index contributed by atoms with van der Waals surface area (Å²) in [6.45, 7) is 12.8. The number of rotatable bonds is 2. The van der Waals surface area contributed by atoms with Gasteiger partial charge in [0, 0.05) is 5.39 Å². The van der Waals surface area contributed by atoms with Gasteiger partial charge < -0.3 is 0 Å². The molecule has 0 heterocycles. The molecule has 24 heavy (non-hydrogen) atoms. The summed E-state index contributed by atoms with van der Waals surface area (Å²) in [5.74, 6) is 0. The molecule has 0 aliphatic carbocycles. The first-order valence-electron chi connectivity index (χ1n) is 8.38. The first-order chi connectivity index (χ1) is 11.4. The van der Waals surface area contributed by atoms with Gasteiger partial charge in [-0.25, -0.2) is 0 Å². The van der Waals surface area contributed by atoms with E-state index in [1.54, 1.807) is 0 Å². The molecule has 0 aromatic heterocycles. The summed E-state index contributed by atoms with van der Waals surface area (Å²) < 4.78 is 0. The highest BCUT2D eigenvalue weighted by Gasteiger charge is 2.10. The third kappa shape index (κ3) is 2.73. The Bertz CT molecular complexity index is 966. The zero-order valence-electron chi connectivity index (χ0n) is 15.4. The number of azo groups is 1. The second-order valence-corrected chi connectivity index (χ2v) is 6.70. The lowest BCUT2D eigenvalue weighted by Gasteiger charge is -2.12. The molecule has 0 atom stereocenters. The highest BCUT2D eigenvalue weighted by molar-refractivity contribution is 5.94. The van der Waals surface area contributed by atoms with Crippen molar-refractivity contribution in [1.29, 1.82) is 0 Å². The van der Waals surface area contributed by atoms with Crippen LogP contribution in [0.3, 0.4) is 0 Å². The van der Waals surface area contributed by atoms with Crippen molar-refractivity contribution in [1.82, 2.24) is 0 Å². The van der Waals surface area contributed by atoms with Crippen LogP contribution in [0.25, 0.3) is 10.8 Å². The van der Waals surface area contributed by atoms with Crippen molar-refractivity contribution in [3.05, 3.63) is 69.8 Å². The van der Waals surface area contributed by atoms with Crippen molar-refractivity contribution in [2.45, 2.75) is 41.5 Å². The summed E-state index contributed by atoms with van der Waals surface area (Å²) in [5, 5.41) is 11.7. The fourth-order valence-corrected chi connectivity index (χ4v) is 3.22. The van der Waals surface area contributed by atoms with Crippen molar-refractivity contribution in [2.24, 2.45) is 10.2 Å². The summed E-state index contributed by atoms with van der Waals surface area (Å²) in [4.78, 5) is 0. The maximum Gasteiger partial charge on any atom is 0.0967 e. The first-order valence-corrected chi connectivity index (χ1v) is 8.38. The molecule has 0 radical (unpaired) electrons. The molecule has 3 aromatic carbocycles. The topological polar surface area (TPSA) is 24.7 Å². The molecular weight excluding hydrogens is 292 g/mol. The summed E-state index contributed by atoms with van der Waals surface area (Å²) in [6.07, 6.45) is 0. The maximum atomic E-state index is 4.68. The third-order valence-corrected chi connectivity index (χ3v) is 5.10. The van der Waals surface area contributed by atoms with Crippen LogP contribution in [0.15, 0.2) is 46.6 Å². The van der Waals surface area contributed by atoms with E-state index in [4.69, 9.17) is 0 Å². The molecule has 0 saturated heterocycles. The van der Waals surface area contributed by atoms with E-state index in [1.165, 1.54) is 38.8 Å². The van der Waals surface area contributed by atoms with Crippen LogP contribution in [0.2, 0.25) is 0 Å². The van der Waals surface area contributed by atoms with Crippen molar-refractivity contribution in [2.75, 3.05) is 0 Å². The molecule has 122 valence electrons. The zero-order chi connectivity index (χ0) is 17.4. The Morgan fingerprint density at radius 1 is 0.583 bits per heavy atom. The Morgan fingerprint density at radius 2 is 1.21 bits per heavy atom. The van der Waals surface area contributed by atoms with Gasteiger partial charge in [-0.2, -0.15) is 0 Å². The number of fused-ring (bicyclic) bond motifs is 1. The SMILES string of the molecule is Cc1cc(C)c(N=Nc2c(C)c(C)cc3ccccc23)c(C)c1C. The van der Waals surface area contributed by atoms with Crippen LogP contribution in [0.5, 0.6) is 0 Å². The van der Waals surface area contributed by atoms with Gasteiger partial charge in [0.2, 0.25) is 0 Å². The van der Waals surface area contributed by atoms with E-state index in [0.717, 1.165) is 16.8 Å². The fraction of sp³-hybridized carbons (Fsp3) is 0.273. The van der Waals surface area contributed by atoms with Gasteiger partial charge >= 0.3 is 0 Å². The Morgan fingerprint density at radius 3 is 1.96 bits per heavy atom. The van der Waals surface area contributed by atoms with Gasteiger partial charge in [-0.3, -0.25) is 0 Å². The fourth-order valence-electron chi connectivity index (χ4n) is 3.22. The molecule has 0 amide bonds. The van der Waals surface area contributed by atoms with E-state index in [0.29, 0.717) is 0 Å². The Kier molecular flexibility index (Phi) is 4.23. The third-order valence-electron chi connectivity index (χ3n) is 5.10. The van der Waals surface area contributed by atoms with Crippen LogP contribution < -0.4 is 0 Å². The molecule has 0 aliphatic heterocycles. The molecule has 3 aromatic rings. The minimum Gasteiger partial charge on any atom is -0.150 e. The second-order valence-electron chi connectivity index (χ2n) is 6.70. The monoisotopic (exact) mass is 316 g/mol. The van der Waals surface area contributed by atoms with Gasteiger partial charge in [0.1, 0.15) is 0 Å². The summed E-state index contributed by atoms with van der Waals surface area (Å²) in [6, 6.07) is 12.8. The minimum absolute atomic E-state index is 0.975. The van der Waals surface area contributed by atoms with E-state index in [9.17, 15) is 0 Å². The molecule has 3 rings (SSSR count). The molecule has 0 spiro atoms. The van der Waals surface area contributed by atoms with Gasteiger partial charge in [-0.05, 0) is 80.3 Å². The van der Waals surface area contributed by atoms with E-state index in [1.807, 2.05) is 0 Å². The Balaban J connectivity index is 2.20. The van der Waals surface area contributed by atoms with Crippen LogP contribution in [0.4, 0.5) is 11.4 Å². The molecule has 0 bridgehead atoms. The largest absolute Gasteiger partial charge is 0.150 e. The summed E-state index contributed by atoms with van der Waals surface area (Å²) >= 11 is 0. The molecule has 0 saturated carbocycles. The highest BCUT2D eigenvalue weighted by atomic mass is 15.1. The molecule has 0 fully saturated rings. The summed E-state index contributed by atoms with van der Waals surface area (Å²) in [7, 11) is 0. The van der Waals surface area contributed by atoms with Crippen LogP contribution in [0, 0.1) is 41.5 Å². The van der Waals surface area contributed by atoms with Crippen LogP contribution in [-0.2, 0) is 0 Å². The zero-order valence-corrected chi connectivity index (χ0v) is 15.4. The number of hydrogen-bond donors (Lipinski definition) is 0. The average Bonchev–Trinajstić information content (AvgIpc) is 2.55. The van der Waals surface area contributed by atoms with Crippen LogP contribution >= 0.6 is 0 Å². The van der Waals surface area contributed by atoms with E-state index in [2.05, 4.69) is 88.2 Å². The lowest BCUT2D eigenvalue weighted by atomic mass is 9.99. The molecule has 2 heteroatoms. The van der Waals surface area contributed by atoms with E-state index in [-0.39, 0.29) is 0 Å². The van der Waals surface area contributed by atoms with E-state index < -0.39 is 0 Å². The number of nitrogens with zero attached hydrogens (tertiary/aromatic N) is 2. The molecule has 0 unspecified atom stereocenters. The number of hydrogen-bond acceptors (Lipinski definition) is 2. The Labute approximate surface area is 144 Å². The van der Waals surface area contributed by atoms with E-state index >= 15 is 0 Å². The first kappa shape index (κ1) is 16.4. The second kappa shape index (κ2) is 6.20. The van der Waals surface area contributed by atoms with Crippen LogP contribution in [0.1, 0.15) is 33.4 Å². The smallest absolute Gasteiger partial charge is 0.0967 e.